The molecule has 0 aliphatic carbocycles. The van der Waals surface area contributed by atoms with Crippen LogP contribution in [0, 0.1) is 11.8 Å². The van der Waals surface area contributed by atoms with Crippen molar-refractivity contribution in [2.75, 3.05) is 20.3 Å². The molecule has 1 heterocycles. The van der Waals surface area contributed by atoms with Gasteiger partial charge in [0.25, 0.3) is 8.32 Å². The SMILES string of the molecule is CC[C@@H]1COC(c2ccc(OC)cc2)O[C@@H]1[C@H](C)/C=C/C(=O)C[C@@H](CO[Si](c1ccccc1)(c1ccccc1)C(C)(C)C)O[Si](CC)(CC)CC. The molecule has 4 rings (SSSR count). The molecule has 1 saturated heterocycles. The third-order valence-corrected chi connectivity index (χ3v) is 20.6. The van der Waals surface area contributed by atoms with Gasteiger partial charge in [-0.1, -0.05) is 134 Å². The highest BCUT2D eigenvalue weighted by Crippen LogP contribution is 2.38. The summed E-state index contributed by atoms with van der Waals surface area (Å²) in [7, 11) is -3.21. The number of benzene rings is 3. The van der Waals surface area contributed by atoms with Crippen LogP contribution in [0.25, 0.3) is 0 Å². The maximum atomic E-state index is 13.9. The second-order valence-corrected chi connectivity index (χ2v) is 24.1. The summed E-state index contributed by atoms with van der Waals surface area (Å²) in [5, 5.41) is 2.28. The standard InChI is InChI=1S/C43H62O6Si2/c1-10-34-31-46-42(35-25-28-37(45-9)29-26-35)48-41(34)33(5)24-27-36(44)30-38(49-50(11-2,12-3)13-4)32-47-51(43(6,7)8,39-20-16-14-17-21-39)40-22-18-15-19-23-40/h14-29,33-34,38,41-42H,10-13,30-32H2,1-9H3/b27-24+/t33-,34-,38+,41-,42?/m1/s1. The van der Waals surface area contributed by atoms with Crippen LogP contribution in [0.2, 0.25) is 23.2 Å². The van der Waals surface area contributed by atoms with E-state index in [4.69, 9.17) is 23.1 Å². The molecular formula is C43H62O6Si2. The van der Waals surface area contributed by atoms with Crippen LogP contribution in [0.5, 0.6) is 5.75 Å². The Morgan fingerprint density at radius 1 is 0.882 bits per heavy atom. The van der Waals surface area contributed by atoms with Gasteiger partial charge in [0.2, 0.25) is 0 Å². The van der Waals surface area contributed by atoms with E-state index < -0.39 is 22.9 Å². The number of hydrogen-bond acceptors (Lipinski definition) is 6. The van der Waals surface area contributed by atoms with Crippen molar-refractivity contribution in [3.63, 3.8) is 0 Å². The second kappa shape index (κ2) is 18.8. The Bertz CT molecular complexity index is 1450. The highest BCUT2D eigenvalue weighted by Gasteiger charge is 2.50. The molecule has 51 heavy (non-hydrogen) atoms. The van der Waals surface area contributed by atoms with Crippen LogP contribution in [0.1, 0.15) is 80.1 Å². The van der Waals surface area contributed by atoms with Crippen molar-refractivity contribution in [3.8, 4) is 5.75 Å². The minimum absolute atomic E-state index is 0.0201. The summed E-state index contributed by atoms with van der Waals surface area (Å²) >= 11 is 0. The molecule has 1 aliphatic heterocycles. The minimum Gasteiger partial charge on any atom is -0.497 e. The van der Waals surface area contributed by atoms with Crippen LogP contribution in [0.4, 0.5) is 0 Å². The maximum absolute atomic E-state index is 13.9. The summed E-state index contributed by atoms with van der Waals surface area (Å²) in [6.45, 7) is 18.8. The van der Waals surface area contributed by atoms with Gasteiger partial charge in [0.15, 0.2) is 20.4 Å². The summed E-state index contributed by atoms with van der Waals surface area (Å²) in [5.41, 5.74) is 0.957. The molecule has 0 bridgehead atoms. The summed E-state index contributed by atoms with van der Waals surface area (Å²) in [6.07, 6.45) is 4.11. The van der Waals surface area contributed by atoms with Crippen molar-refractivity contribution in [2.45, 2.75) is 110 Å². The van der Waals surface area contributed by atoms with Crippen molar-refractivity contribution in [1.29, 1.82) is 0 Å². The van der Waals surface area contributed by atoms with Gasteiger partial charge in [0.05, 0.1) is 32.5 Å². The summed E-state index contributed by atoms with van der Waals surface area (Å²) < 4.78 is 32.5. The van der Waals surface area contributed by atoms with E-state index in [1.165, 1.54) is 10.4 Å². The van der Waals surface area contributed by atoms with Crippen molar-refractivity contribution in [3.05, 3.63) is 103 Å². The van der Waals surface area contributed by atoms with E-state index in [0.717, 1.165) is 35.9 Å². The van der Waals surface area contributed by atoms with Crippen molar-refractivity contribution in [1.82, 2.24) is 0 Å². The van der Waals surface area contributed by atoms with E-state index in [2.05, 4.69) is 116 Å². The van der Waals surface area contributed by atoms with Crippen LogP contribution in [-0.2, 0) is 23.1 Å². The highest BCUT2D eigenvalue weighted by molar-refractivity contribution is 6.99. The fraction of sp³-hybridized carbons (Fsp3) is 0.512. The van der Waals surface area contributed by atoms with E-state index in [0.29, 0.717) is 13.2 Å². The third kappa shape index (κ3) is 9.97. The molecule has 1 aliphatic rings. The minimum atomic E-state index is -2.81. The first kappa shape index (κ1) is 40.9. The van der Waals surface area contributed by atoms with Crippen molar-refractivity contribution < 1.29 is 27.9 Å². The molecule has 8 heteroatoms. The van der Waals surface area contributed by atoms with Gasteiger partial charge >= 0.3 is 0 Å². The largest absolute Gasteiger partial charge is 0.497 e. The topological polar surface area (TPSA) is 63.2 Å². The van der Waals surface area contributed by atoms with Gasteiger partial charge in [-0.15, -0.1) is 0 Å². The van der Waals surface area contributed by atoms with E-state index >= 15 is 0 Å². The Morgan fingerprint density at radius 3 is 1.94 bits per heavy atom. The molecule has 0 spiro atoms. The lowest BCUT2D eigenvalue weighted by molar-refractivity contribution is -0.249. The molecule has 0 saturated carbocycles. The highest BCUT2D eigenvalue weighted by atomic mass is 28.4. The Kier molecular flexibility index (Phi) is 15.0. The molecule has 3 aromatic carbocycles. The Balaban J connectivity index is 1.57. The number of carbonyl (C=O) groups is 1. The zero-order valence-corrected chi connectivity index (χ0v) is 34.5. The zero-order valence-electron chi connectivity index (χ0n) is 32.5. The fourth-order valence-corrected chi connectivity index (χ4v) is 15.0. The number of ether oxygens (including phenoxy) is 3. The summed E-state index contributed by atoms with van der Waals surface area (Å²) in [5.74, 6) is 1.10. The Hall–Kier alpha value is -2.86. The predicted molar refractivity (Wildman–Crippen MR) is 214 cm³/mol. The van der Waals surface area contributed by atoms with Gasteiger partial charge in [-0.2, -0.15) is 0 Å². The van der Waals surface area contributed by atoms with Crippen LogP contribution in [0.15, 0.2) is 97.1 Å². The average molecular weight is 731 g/mol. The first-order chi connectivity index (χ1) is 24.5. The molecule has 0 radical (unpaired) electrons. The van der Waals surface area contributed by atoms with Crippen molar-refractivity contribution >= 4 is 32.8 Å². The lowest BCUT2D eigenvalue weighted by Crippen LogP contribution is -2.67. The molecule has 3 aromatic rings. The molecule has 0 N–H and O–H groups in total. The third-order valence-electron chi connectivity index (χ3n) is 10.9. The first-order valence-electron chi connectivity index (χ1n) is 19.0. The number of rotatable bonds is 18. The zero-order chi connectivity index (χ0) is 37.1. The Labute approximate surface area is 310 Å². The Morgan fingerprint density at radius 2 is 1.45 bits per heavy atom. The van der Waals surface area contributed by atoms with Crippen LogP contribution in [0.3, 0.4) is 0 Å². The van der Waals surface area contributed by atoms with Gasteiger partial charge in [0.1, 0.15) is 5.75 Å². The van der Waals surface area contributed by atoms with Crippen LogP contribution < -0.4 is 15.1 Å². The molecule has 1 unspecified atom stereocenters. The smallest absolute Gasteiger partial charge is 0.261 e. The van der Waals surface area contributed by atoms with Gasteiger partial charge in [-0.05, 0) is 58.2 Å². The molecule has 278 valence electrons. The van der Waals surface area contributed by atoms with Crippen LogP contribution >= 0.6 is 0 Å². The quantitative estimate of drug-likeness (QED) is 0.0961. The molecule has 5 atom stereocenters. The van der Waals surface area contributed by atoms with E-state index in [1.54, 1.807) is 13.2 Å². The molecule has 0 aromatic heterocycles. The number of methoxy groups -OCH3 is 1. The molecule has 1 fully saturated rings. The van der Waals surface area contributed by atoms with Gasteiger partial charge in [-0.3, -0.25) is 4.79 Å². The predicted octanol–water partition coefficient (Wildman–Crippen LogP) is 9.25. The normalized spacial score (nSPS) is 19.9. The van der Waals surface area contributed by atoms with Gasteiger partial charge in [0, 0.05) is 23.8 Å². The summed E-state index contributed by atoms with van der Waals surface area (Å²) in [6, 6.07) is 32.2. The average Bonchev–Trinajstić information content (AvgIpc) is 3.16. The molecule has 0 amide bonds. The maximum Gasteiger partial charge on any atom is 0.261 e. The van der Waals surface area contributed by atoms with Gasteiger partial charge < -0.3 is 23.1 Å². The lowest BCUT2D eigenvalue weighted by atomic mass is 9.89. The second-order valence-electron chi connectivity index (χ2n) is 15.1. The molecule has 6 nitrogen and oxygen atoms in total. The summed E-state index contributed by atoms with van der Waals surface area (Å²) in [4.78, 5) is 13.9. The van der Waals surface area contributed by atoms with E-state index in [-0.39, 0.29) is 41.3 Å². The van der Waals surface area contributed by atoms with Crippen molar-refractivity contribution in [2.24, 2.45) is 11.8 Å². The lowest BCUT2D eigenvalue weighted by Gasteiger charge is -2.44. The fourth-order valence-electron chi connectivity index (χ4n) is 7.57. The number of ketones is 1. The van der Waals surface area contributed by atoms with Gasteiger partial charge in [-0.25, -0.2) is 0 Å². The molecular weight excluding hydrogens is 669 g/mol. The number of carbonyl (C=O) groups excluding carboxylic acids is 1. The first-order valence-corrected chi connectivity index (χ1v) is 23.4. The van der Waals surface area contributed by atoms with E-state index in [9.17, 15) is 4.79 Å². The van der Waals surface area contributed by atoms with Crippen LogP contribution in [-0.4, -0.2) is 54.9 Å². The van der Waals surface area contributed by atoms with E-state index in [1.807, 2.05) is 30.3 Å². The monoisotopic (exact) mass is 730 g/mol. The number of hydrogen-bond donors (Lipinski definition) is 0. The number of allylic oxidation sites excluding steroid dienone is 1.